The number of nitro groups is 2. The fraction of sp³-hybridized carbons (Fsp3) is 0.0208. The van der Waals surface area contributed by atoms with Crippen molar-refractivity contribution < 1.29 is 9.85 Å². The van der Waals surface area contributed by atoms with Crippen LogP contribution in [0.4, 0.5) is 11.4 Å². The van der Waals surface area contributed by atoms with E-state index in [2.05, 4.69) is 16.4 Å². The molecule has 1 unspecified atom stereocenters. The molecule has 0 saturated carbocycles. The summed E-state index contributed by atoms with van der Waals surface area (Å²) in [7, 11) is 0. The van der Waals surface area contributed by atoms with E-state index in [-0.39, 0.29) is 17.4 Å². The maximum absolute atomic E-state index is 12.3. The average molecular weight is 781 g/mol. The van der Waals surface area contributed by atoms with E-state index in [1.165, 1.54) is 24.3 Å². The zero-order valence-corrected chi connectivity index (χ0v) is 31.4. The molecular formula is C48H28N8O4. The standard InChI is InChI=1S/C48H28N8O4/c57-55(58)37-23-33(39-15-11-29-7-5-27-3-1-19-49-43(27)45(29)51-39)21-35(25-37)41-17-13-31-9-10-32-14-18-42(54-48(32)47(31)53-41)36-22-34(24-38(26-36)56(59)60)40-16-12-30-8-6-28-4-2-20-50-44(28)46(30)52-40/h1-26,43,49H. The van der Waals surface area contributed by atoms with Gasteiger partial charge in [-0.25, -0.2) is 19.9 Å². The Morgan fingerprint density at radius 2 is 0.983 bits per heavy atom. The minimum Gasteiger partial charge on any atom is -0.379 e. The number of aromatic nitrogens is 5. The van der Waals surface area contributed by atoms with Gasteiger partial charge in [-0.1, -0.05) is 72.8 Å². The van der Waals surface area contributed by atoms with Gasteiger partial charge < -0.3 is 5.32 Å². The van der Waals surface area contributed by atoms with Gasteiger partial charge in [0.25, 0.3) is 11.4 Å². The number of pyridine rings is 5. The van der Waals surface area contributed by atoms with E-state index >= 15 is 0 Å². The monoisotopic (exact) mass is 780 g/mol. The van der Waals surface area contributed by atoms with E-state index in [0.29, 0.717) is 61.6 Å². The number of allylic oxidation sites excluding steroid dienone is 2. The van der Waals surface area contributed by atoms with Crippen molar-refractivity contribution in [3.8, 4) is 45.0 Å². The van der Waals surface area contributed by atoms with E-state index in [1.54, 1.807) is 6.20 Å². The second-order valence-corrected chi connectivity index (χ2v) is 14.7. The molecule has 0 spiro atoms. The SMILES string of the molecule is O=[N+]([O-])c1cc(-c2ccc3c(n2)C2NC=CC=C2C=C3)cc(-c2ccc3ccc4ccc(-c5cc(-c6ccc7ccc8cccnc8c7n6)cc([N+](=O)[O-])c5)nc4c3n2)c1. The Morgan fingerprint density at radius 1 is 0.517 bits per heavy atom. The van der Waals surface area contributed by atoms with Crippen LogP contribution in [-0.2, 0) is 0 Å². The number of nitrogens with zero attached hydrogens (tertiary/aromatic N) is 7. The molecule has 284 valence electrons. The first-order valence-corrected chi connectivity index (χ1v) is 19.1. The number of non-ortho nitro benzene ring substituents is 2. The van der Waals surface area contributed by atoms with Crippen LogP contribution in [-0.4, -0.2) is 34.8 Å². The van der Waals surface area contributed by atoms with Crippen molar-refractivity contribution in [2.75, 3.05) is 0 Å². The summed E-state index contributed by atoms with van der Waals surface area (Å²) in [6.45, 7) is 0. The molecule has 0 fully saturated rings. The first-order valence-electron chi connectivity index (χ1n) is 19.1. The smallest absolute Gasteiger partial charge is 0.270 e. The molecule has 5 aromatic heterocycles. The Kier molecular flexibility index (Phi) is 7.85. The molecule has 1 N–H and O–H groups in total. The molecule has 6 heterocycles. The lowest BCUT2D eigenvalue weighted by atomic mass is 9.91. The van der Waals surface area contributed by atoms with Crippen LogP contribution >= 0.6 is 0 Å². The van der Waals surface area contributed by atoms with Gasteiger partial charge in [-0.15, -0.1) is 0 Å². The largest absolute Gasteiger partial charge is 0.379 e. The maximum Gasteiger partial charge on any atom is 0.270 e. The van der Waals surface area contributed by atoms with Crippen LogP contribution in [0.5, 0.6) is 0 Å². The Labute approximate surface area is 340 Å². The minimum atomic E-state index is -0.419. The second kappa shape index (κ2) is 13.6. The lowest BCUT2D eigenvalue weighted by molar-refractivity contribution is -0.384. The first kappa shape index (κ1) is 34.7. The molecule has 12 heteroatoms. The molecule has 0 saturated heterocycles. The van der Waals surface area contributed by atoms with Crippen molar-refractivity contribution >= 4 is 61.1 Å². The van der Waals surface area contributed by atoms with Gasteiger partial charge in [-0.05, 0) is 65.9 Å². The quantitative estimate of drug-likeness (QED) is 0.0975. The van der Waals surface area contributed by atoms with E-state index in [1.807, 2.05) is 121 Å². The van der Waals surface area contributed by atoms with Gasteiger partial charge in [0.05, 0.1) is 66.4 Å². The second-order valence-electron chi connectivity index (χ2n) is 14.7. The van der Waals surface area contributed by atoms with Gasteiger partial charge in [0, 0.05) is 74.3 Å². The highest BCUT2D eigenvalue weighted by Crippen LogP contribution is 2.38. The fourth-order valence-electron chi connectivity index (χ4n) is 8.10. The predicted molar refractivity (Wildman–Crippen MR) is 233 cm³/mol. The summed E-state index contributed by atoms with van der Waals surface area (Å²) in [6.07, 6.45) is 11.7. The number of fused-ring (bicyclic) bond motifs is 9. The number of hydrogen-bond acceptors (Lipinski definition) is 10. The Bertz CT molecular complexity index is 3450. The van der Waals surface area contributed by atoms with Crippen LogP contribution in [0.2, 0.25) is 0 Å². The number of hydrogen-bond donors (Lipinski definition) is 1. The molecular weight excluding hydrogens is 753 g/mol. The van der Waals surface area contributed by atoms with E-state index in [9.17, 15) is 20.2 Å². The molecule has 4 aromatic carbocycles. The molecule has 0 radical (unpaired) electrons. The van der Waals surface area contributed by atoms with Crippen molar-refractivity contribution in [3.05, 3.63) is 189 Å². The van der Waals surface area contributed by atoms with E-state index < -0.39 is 9.85 Å². The summed E-state index contributed by atoms with van der Waals surface area (Å²) < 4.78 is 0. The summed E-state index contributed by atoms with van der Waals surface area (Å²) in [5, 5.41) is 31.5. The highest BCUT2D eigenvalue weighted by Gasteiger charge is 2.24. The topological polar surface area (TPSA) is 163 Å². The van der Waals surface area contributed by atoms with Crippen LogP contribution in [0.15, 0.2) is 158 Å². The number of nitro benzene ring substituents is 2. The highest BCUT2D eigenvalue weighted by atomic mass is 16.6. The van der Waals surface area contributed by atoms with Crippen molar-refractivity contribution in [3.63, 3.8) is 0 Å². The third kappa shape index (κ3) is 5.90. The van der Waals surface area contributed by atoms with Gasteiger partial charge in [0.2, 0.25) is 0 Å². The molecule has 1 aliphatic heterocycles. The van der Waals surface area contributed by atoms with Crippen molar-refractivity contribution in [2.24, 2.45) is 0 Å². The number of dihydropyridines is 1. The highest BCUT2D eigenvalue weighted by molar-refractivity contribution is 6.05. The van der Waals surface area contributed by atoms with Gasteiger partial charge in [0.1, 0.15) is 0 Å². The van der Waals surface area contributed by atoms with Gasteiger partial charge >= 0.3 is 0 Å². The maximum atomic E-state index is 12.3. The number of nitrogens with one attached hydrogen (secondary N) is 1. The zero-order chi connectivity index (χ0) is 40.5. The summed E-state index contributed by atoms with van der Waals surface area (Å²) in [4.78, 5) is 48.4. The Balaban J connectivity index is 1.02. The lowest BCUT2D eigenvalue weighted by Crippen LogP contribution is -2.23. The summed E-state index contributed by atoms with van der Waals surface area (Å²) in [5.74, 6) is 0. The minimum absolute atomic E-state index is 0.0896. The van der Waals surface area contributed by atoms with Crippen LogP contribution in [0.25, 0.3) is 94.7 Å². The van der Waals surface area contributed by atoms with Gasteiger partial charge in [-0.2, -0.15) is 0 Å². The Hall–Kier alpha value is -8.51. The fourth-order valence-corrected chi connectivity index (χ4v) is 8.10. The van der Waals surface area contributed by atoms with Crippen molar-refractivity contribution in [2.45, 2.75) is 6.04 Å². The first-order chi connectivity index (χ1) is 29.3. The van der Waals surface area contributed by atoms with Crippen LogP contribution in [0.3, 0.4) is 0 Å². The third-order valence-corrected chi connectivity index (χ3v) is 11.1. The summed E-state index contributed by atoms with van der Waals surface area (Å²) >= 11 is 0. The van der Waals surface area contributed by atoms with Crippen LogP contribution < -0.4 is 5.32 Å². The molecule has 0 amide bonds. The third-order valence-electron chi connectivity index (χ3n) is 11.1. The summed E-state index contributed by atoms with van der Waals surface area (Å²) in [5.41, 5.74) is 9.71. The molecule has 2 aliphatic rings. The molecule has 0 bridgehead atoms. The van der Waals surface area contributed by atoms with Gasteiger partial charge in [-0.3, -0.25) is 25.2 Å². The molecule has 1 aliphatic carbocycles. The average Bonchev–Trinajstić information content (AvgIpc) is 3.30. The molecule has 60 heavy (non-hydrogen) atoms. The number of rotatable bonds is 6. The molecule has 9 aromatic rings. The van der Waals surface area contributed by atoms with Gasteiger partial charge in [0.15, 0.2) is 0 Å². The van der Waals surface area contributed by atoms with E-state index in [0.717, 1.165) is 43.9 Å². The molecule has 1 atom stereocenters. The summed E-state index contributed by atoms with van der Waals surface area (Å²) in [6, 6.07) is 36.5. The van der Waals surface area contributed by atoms with E-state index in [4.69, 9.17) is 19.9 Å². The number of benzene rings is 4. The van der Waals surface area contributed by atoms with Crippen LogP contribution in [0.1, 0.15) is 17.3 Å². The molecule has 11 rings (SSSR count). The Morgan fingerprint density at radius 3 is 1.52 bits per heavy atom. The zero-order valence-electron chi connectivity index (χ0n) is 31.4. The van der Waals surface area contributed by atoms with Crippen LogP contribution in [0, 0.1) is 20.2 Å². The predicted octanol–water partition coefficient (Wildman–Crippen LogP) is 10.9. The normalized spacial score (nSPS) is 14.2. The molecule has 12 nitrogen and oxygen atoms in total. The lowest BCUT2D eigenvalue weighted by Gasteiger charge is -2.26. The van der Waals surface area contributed by atoms with Crippen molar-refractivity contribution in [1.29, 1.82) is 0 Å². The van der Waals surface area contributed by atoms with Crippen molar-refractivity contribution in [1.82, 2.24) is 30.2 Å².